The van der Waals surface area contributed by atoms with Gasteiger partial charge in [0.15, 0.2) is 0 Å². The van der Waals surface area contributed by atoms with Gasteiger partial charge in [-0.25, -0.2) is 4.98 Å². The molecular formula is C20H23N3O. The van der Waals surface area contributed by atoms with Crippen LogP contribution in [0.4, 0.5) is 0 Å². The molecule has 0 fully saturated rings. The number of para-hydroxylation sites is 1. The van der Waals surface area contributed by atoms with Crippen molar-refractivity contribution in [2.45, 2.75) is 38.3 Å². The summed E-state index contributed by atoms with van der Waals surface area (Å²) in [4.78, 5) is 4.67. The largest absolute Gasteiger partial charge is 0.487 e. The summed E-state index contributed by atoms with van der Waals surface area (Å²) in [5.41, 5.74) is 3.24. The number of ether oxygens (including phenoxy) is 1. The highest BCUT2D eigenvalue weighted by Crippen LogP contribution is 2.39. The first-order chi connectivity index (χ1) is 11.6. The zero-order valence-electron chi connectivity index (χ0n) is 14.2. The minimum atomic E-state index is -0.144. The maximum atomic E-state index is 6.10. The second kappa shape index (κ2) is 5.95. The predicted molar refractivity (Wildman–Crippen MR) is 95.4 cm³/mol. The molecule has 0 amide bonds. The Kier molecular flexibility index (Phi) is 3.77. The third kappa shape index (κ3) is 3.02. The molecular weight excluding hydrogens is 298 g/mol. The Balaban J connectivity index is 1.45. The lowest BCUT2D eigenvalue weighted by Crippen LogP contribution is -2.40. The van der Waals surface area contributed by atoms with E-state index < -0.39 is 0 Å². The molecule has 1 aliphatic rings. The fourth-order valence-corrected chi connectivity index (χ4v) is 3.47. The molecule has 0 unspecified atom stereocenters. The second-order valence-electron chi connectivity index (χ2n) is 7.06. The van der Waals surface area contributed by atoms with E-state index in [-0.39, 0.29) is 5.60 Å². The molecule has 124 valence electrons. The van der Waals surface area contributed by atoms with Crippen LogP contribution in [0.25, 0.3) is 5.65 Å². The number of nitrogens with one attached hydrogen (secondary N) is 1. The molecule has 0 saturated carbocycles. The minimum Gasteiger partial charge on any atom is -0.487 e. The Hall–Kier alpha value is -2.33. The first-order valence-electron chi connectivity index (χ1n) is 8.55. The highest BCUT2D eigenvalue weighted by atomic mass is 16.5. The van der Waals surface area contributed by atoms with E-state index in [9.17, 15) is 0 Å². The van der Waals surface area contributed by atoms with Crippen molar-refractivity contribution in [3.8, 4) is 5.75 Å². The van der Waals surface area contributed by atoms with Crippen molar-refractivity contribution in [3.63, 3.8) is 0 Å². The second-order valence-corrected chi connectivity index (χ2v) is 7.06. The van der Waals surface area contributed by atoms with Gasteiger partial charge in [0.05, 0.1) is 5.69 Å². The first kappa shape index (κ1) is 15.2. The van der Waals surface area contributed by atoms with Crippen LogP contribution < -0.4 is 10.1 Å². The van der Waals surface area contributed by atoms with Gasteiger partial charge in [-0.2, -0.15) is 0 Å². The molecule has 1 atom stereocenters. The number of hydrogen-bond donors (Lipinski definition) is 1. The standard InChI is InChI=1S/C20H23N3O/c1-20(2)13-17(16-7-3-4-8-18(16)24-20)21-11-10-15-14-23-12-6-5-9-19(23)22-15/h3-9,12,14,17,21H,10-11,13H2,1-2H3/t17-/m0/s1. The van der Waals surface area contributed by atoms with Crippen LogP contribution in [0.1, 0.15) is 37.6 Å². The van der Waals surface area contributed by atoms with Gasteiger partial charge in [0, 0.05) is 43.4 Å². The number of nitrogens with zero attached hydrogens (tertiary/aromatic N) is 2. The molecule has 0 spiro atoms. The summed E-state index contributed by atoms with van der Waals surface area (Å²) >= 11 is 0. The molecule has 4 rings (SSSR count). The van der Waals surface area contributed by atoms with E-state index in [1.165, 1.54) is 5.56 Å². The molecule has 2 aromatic heterocycles. The fourth-order valence-electron chi connectivity index (χ4n) is 3.47. The van der Waals surface area contributed by atoms with Crippen LogP contribution in [0.2, 0.25) is 0 Å². The van der Waals surface area contributed by atoms with Gasteiger partial charge in [0.25, 0.3) is 0 Å². The van der Waals surface area contributed by atoms with E-state index in [0.29, 0.717) is 6.04 Å². The summed E-state index contributed by atoms with van der Waals surface area (Å²) in [5, 5.41) is 3.70. The maximum absolute atomic E-state index is 6.10. The quantitative estimate of drug-likeness (QED) is 0.795. The Morgan fingerprint density at radius 3 is 2.92 bits per heavy atom. The number of rotatable bonds is 4. The van der Waals surface area contributed by atoms with Crippen LogP contribution in [0.15, 0.2) is 54.9 Å². The lowest BCUT2D eigenvalue weighted by atomic mass is 9.89. The van der Waals surface area contributed by atoms with Crippen molar-refractivity contribution in [2.75, 3.05) is 6.54 Å². The molecule has 0 saturated heterocycles. The SMILES string of the molecule is CC1(C)C[C@H](NCCc2cn3ccccc3n2)c2ccccc2O1. The number of pyridine rings is 1. The smallest absolute Gasteiger partial charge is 0.136 e. The lowest BCUT2D eigenvalue weighted by Gasteiger charge is -2.38. The zero-order valence-corrected chi connectivity index (χ0v) is 14.2. The van der Waals surface area contributed by atoms with Gasteiger partial charge in [-0.05, 0) is 32.0 Å². The first-order valence-corrected chi connectivity index (χ1v) is 8.55. The molecule has 3 aromatic rings. The molecule has 1 aromatic carbocycles. The Bertz CT molecular complexity index is 820. The molecule has 1 aliphatic heterocycles. The number of imidazole rings is 1. The van der Waals surface area contributed by atoms with Crippen molar-refractivity contribution in [3.05, 3.63) is 66.1 Å². The molecule has 4 heteroatoms. The topological polar surface area (TPSA) is 38.6 Å². The van der Waals surface area contributed by atoms with Gasteiger partial charge in [0.2, 0.25) is 0 Å². The maximum Gasteiger partial charge on any atom is 0.136 e. The summed E-state index contributed by atoms with van der Waals surface area (Å²) in [6.45, 7) is 5.21. The van der Waals surface area contributed by atoms with Crippen molar-refractivity contribution < 1.29 is 4.74 Å². The minimum absolute atomic E-state index is 0.144. The van der Waals surface area contributed by atoms with Crippen LogP contribution in [0, 0.1) is 0 Å². The van der Waals surface area contributed by atoms with Gasteiger partial charge in [-0.1, -0.05) is 24.3 Å². The lowest BCUT2D eigenvalue weighted by molar-refractivity contribution is 0.0662. The zero-order chi connectivity index (χ0) is 16.6. The van der Waals surface area contributed by atoms with E-state index in [0.717, 1.165) is 36.5 Å². The van der Waals surface area contributed by atoms with Crippen molar-refractivity contribution >= 4 is 5.65 Å². The average Bonchev–Trinajstić information content (AvgIpc) is 2.96. The summed E-state index contributed by atoms with van der Waals surface area (Å²) in [6, 6.07) is 14.7. The molecule has 4 nitrogen and oxygen atoms in total. The number of aromatic nitrogens is 2. The molecule has 0 radical (unpaired) electrons. The Labute approximate surface area is 142 Å². The van der Waals surface area contributed by atoms with Gasteiger partial charge < -0.3 is 14.5 Å². The van der Waals surface area contributed by atoms with E-state index in [4.69, 9.17) is 4.74 Å². The summed E-state index contributed by atoms with van der Waals surface area (Å²) in [6.07, 6.45) is 6.03. The predicted octanol–water partition coefficient (Wildman–Crippen LogP) is 3.77. The molecule has 0 aliphatic carbocycles. The highest BCUT2D eigenvalue weighted by Gasteiger charge is 2.33. The van der Waals surface area contributed by atoms with Crippen LogP contribution in [0.3, 0.4) is 0 Å². The van der Waals surface area contributed by atoms with E-state index in [1.807, 2.05) is 30.5 Å². The highest BCUT2D eigenvalue weighted by molar-refractivity contribution is 5.40. The Morgan fingerprint density at radius 2 is 2.04 bits per heavy atom. The van der Waals surface area contributed by atoms with E-state index in [1.54, 1.807) is 0 Å². The normalized spacial score (nSPS) is 19.0. The van der Waals surface area contributed by atoms with Gasteiger partial charge in [-0.3, -0.25) is 0 Å². The van der Waals surface area contributed by atoms with Crippen LogP contribution >= 0.6 is 0 Å². The Morgan fingerprint density at radius 1 is 1.21 bits per heavy atom. The van der Waals surface area contributed by atoms with Gasteiger partial charge >= 0.3 is 0 Å². The van der Waals surface area contributed by atoms with Crippen LogP contribution in [-0.2, 0) is 6.42 Å². The van der Waals surface area contributed by atoms with E-state index in [2.05, 4.69) is 52.9 Å². The monoisotopic (exact) mass is 321 g/mol. The van der Waals surface area contributed by atoms with Crippen molar-refractivity contribution in [1.29, 1.82) is 0 Å². The van der Waals surface area contributed by atoms with Crippen molar-refractivity contribution in [2.24, 2.45) is 0 Å². The van der Waals surface area contributed by atoms with E-state index >= 15 is 0 Å². The third-order valence-electron chi connectivity index (χ3n) is 4.56. The van der Waals surface area contributed by atoms with Crippen molar-refractivity contribution in [1.82, 2.24) is 14.7 Å². The summed E-state index contributed by atoms with van der Waals surface area (Å²) < 4.78 is 8.17. The molecule has 1 N–H and O–H groups in total. The fraction of sp³-hybridized carbons (Fsp3) is 0.350. The van der Waals surface area contributed by atoms with Crippen LogP contribution in [-0.4, -0.2) is 21.5 Å². The summed E-state index contributed by atoms with van der Waals surface area (Å²) in [7, 11) is 0. The third-order valence-corrected chi connectivity index (χ3v) is 4.56. The van der Waals surface area contributed by atoms with Crippen LogP contribution in [0.5, 0.6) is 5.75 Å². The number of benzene rings is 1. The summed E-state index contributed by atoms with van der Waals surface area (Å²) in [5.74, 6) is 0.999. The average molecular weight is 321 g/mol. The van der Waals surface area contributed by atoms with Gasteiger partial charge in [0.1, 0.15) is 17.0 Å². The number of hydrogen-bond acceptors (Lipinski definition) is 3. The van der Waals surface area contributed by atoms with Gasteiger partial charge in [-0.15, -0.1) is 0 Å². The molecule has 0 bridgehead atoms. The molecule has 3 heterocycles. The number of fused-ring (bicyclic) bond motifs is 2. The molecule has 24 heavy (non-hydrogen) atoms.